The molecule has 2 aromatic carbocycles. The van der Waals surface area contributed by atoms with E-state index in [9.17, 15) is 9.18 Å². The lowest BCUT2D eigenvalue weighted by atomic mass is 9.87. The zero-order chi connectivity index (χ0) is 19.2. The first-order valence-corrected chi connectivity index (χ1v) is 9.00. The smallest absolute Gasteiger partial charge is 0.223 e. The lowest BCUT2D eigenvalue weighted by Crippen LogP contribution is -2.28. The molecule has 0 radical (unpaired) electrons. The zero-order valence-electron chi connectivity index (χ0n) is 15.6. The van der Waals surface area contributed by atoms with E-state index in [-0.39, 0.29) is 24.1 Å². The van der Waals surface area contributed by atoms with Crippen LogP contribution in [0, 0.1) is 12.7 Å². The standard InChI is InChI=1S/C23H23FN2O/c1-17-9-8-14-25-22(17)16-26(2)23(27)15-20(18-10-4-3-5-11-18)19-12-6-7-13-21(19)24/h3-14,20H,15-16H2,1-2H3/t20-/m1/s1. The average Bonchev–Trinajstić information content (AvgIpc) is 2.69. The van der Waals surface area contributed by atoms with Crippen LogP contribution in [0.5, 0.6) is 0 Å². The van der Waals surface area contributed by atoms with Crippen LogP contribution in [-0.2, 0) is 11.3 Å². The maximum atomic E-state index is 14.4. The van der Waals surface area contributed by atoms with Crippen LogP contribution < -0.4 is 0 Å². The van der Waals surface area contributed by atoms with E-state index in [1.165, 1.54) is 6.07 Å². The Hall–Kier alpha value is -3.01. The fraction of sp³-hybridized carbons (Fsp3) is 0.217. The highest BCUT2D eigenvalue weighted by Gasteiger charge is 2.23. The summed E-state index contributed by atoms with van der Waals surface area (Å²) < 4.78 is 14.4. The zero-order valence-corrected chi connectivity index (χ0v) is 15.6. The number of rotatable bonds is 6. The van der Waals surface area contributed by atoms with Crippen molar-refractivity contribution >= 4 is 5.91 Å². The highest BCUT2D eigenvalue weighted by atomic mass is 19.1. The van der Waals surface area contributed by atoms with Crippen molar-refractivity contribution in [1.82, 2.24) is 9.88 Å². The Morgan fingerprint density at radius 1 is 1.04 bits per heavy atom. The number of hydrogen-bond acceptors (Lipinski definition) is 2. The number of carbonyl (C=O) groups excluding carboxylic acids is 1. The summed E-state index contributed by atoms with van der Waals surface area (Å²) in [5, 5.41) is 0. The Morgan fingerprint density at radius 3 is 2.44 bits per heavy atom. The van der Waals surface area contributed by atoms with E-state index in [4.69, 9.17) is 0 Å². The van der Waals surface area contributed by atoms with Gasteiger partial charge in [-0.05, 0) is 35.7 Å². The van der Waals surface area contributed by atoms with E-state index in [0.717, 1.165) is 16.8 Å². The van der Waals surface area contributed by atoms with Gasteiger partial charge in [-0.15, -0.1) is 0 Å². The SMILES string of the molecule is Cc1cccnc1CN(C)C(=O)C[C@H](c1ccccc1)c1ccccc1F. The van der Waals surface area contributed by atoms with E-state index in [0.29, 0.717) is 12.1 Å². The second kappa shape index (κ2) is 8.58. The highest BCUT2D eigenvalue weighted by molar-refractivity contribution is 5.77. The number of carbonyl (C=O) groups is 1. The van der Waals surface area contributed by atoms with Gasteiger partial charge < -0.3 is 4.90 Å². The average molecular weight is 362 g/mol. The van der Waals surface area contributed by atoms with Crippen LogP contribution >= 0.6 is 0 Å². The molecule has 3 rings (SSSR count). The summed E-state index contributed by atoms with van der Waals surface area (Å²) in [5.74, 6) is -0.660. The van der Waals surface area contributed by atoms with Gasteiger partial charge in [0.15, 0.2) is 0 Å². The predicted octanol–water partition coefficient (Wildman–Crippen LogP) is 4.71. The monoisotopic (exact) mass is 362 g/mol. The van der Waals surface area contributed by atoms with Gasteiger partial charge in [-0.1, -0.05) is 54.6 Å². The summed E-state index contributed by atoms with van der Waals surface area (Å²) in [4.78, 5) is 18.9. The van der Waals surface area contributed by atoms with Crippen molar-refractivity contribution < 1.29 is 9.18 Å². The molecule has 1 aromatic heterocycles. The first kappa shape index (κ1) is 18.8. The van der Waals surface area contributed by atoms with Crippen molar-refractivity contribution in [3.63, 3.8) is 0 Å². The minimum atomic E-state index is -0.327. The summed E-state index contributed by atoms with van der Waals surface area (Å²) in [6.07, 6.45) is 1.93. The molecule has 0 N–H and O–H groups in total. The lowest BCUT2D eigenvalue weighted by Gasteiger charge is -2.23. The van der Waals surface area contributed by atoms with Gasteiger partial charge in [0.2, 0.25) is 5.91 Å². The molecule has 1 amide bonds. The molecule has 1 heterocycles. The Bertz CT molecular complexity index is 911. The number of aryl methyl sites for hydroxylation is 1. The number of benzene rings is 2. The van der Waals surface area contributed by atoms with Crippen LogP contribution in [0.3, 0.4) is 0 Å². The van der Waals surface area contributed by atoms with Crippen LogP contribution in [0.4, 0.5) is 4.39 Å². The van der Waals surface area contributed by atoms with Crippen molar-refractivity contribution in [2.45, 2.75) is 25.8 Å². The molecule has 0 saturated heterocycles. The summed E-state index contributed by atoms with van der Waals surface area (Å²) in [7, 11) is 1.76. The lowest BCUT2D eigenvalue weighted by molar-refractivity contribution is -0.130. The molecule has 0 aliphatic carbocycles. The highest BCUT2D eigenvalue weighted by Crippen LogP contribution is 2.30. The molecule has 0 spiro atoms. The maximum absolute atomic E-state index is 14.4. The second-order valence-electron chi connectivity index (χ2n) is 6.71. The van der Waals surface area contributed by atoms with Crippen LogP contribution in [0.2, 0.25) is 0 Å². The summed E-state index contributed by atoms with van der Waals surface area (Å²) >= 11 is 0. The predicted molar refractivity (Wildman–Crippen MR) is 105 cm³/mol. The first-order chi connectivity index (χ1) is 13.1. The minimum absolute atomic E-state index is 0.0443. The number of amides is 1. The van der Waals surface area contributed by atoms with Crippen molar-refractivity contribution in [3.05, 3.63) is 101 Å². The Labute approximate surface area is 159 Å². The van der Waals surface area contributed by atoms with E-state index < -0.39 is 0 Å². The Morgan fingerprint density at radius 2 is 1.74 bits per heavy atom. The van der Waals surface area contributed by atoms with Gasteiger partial charge in [-0.3, -0.25) is 9.78 Å². The van der Waals surface area contributed by atoms with E-state index in [2.05, 4.69) is 4.98 Å². The van der Waals surface area contributed by atoms with Gasteiger partial charge >= 0.3 is 0 Å². The fourth-order valence-corrected chi connectivity index (χ4v) is 3.18. The van der Waals surface area contributed by atoms with E-state index in [1.807, 2.05) is 49.4 Å². The molecule has 1 atom stereocenters. The molecule has 138 valence electrons. The van der Waals surface area contributed by atoms with Gasteiger partial charge in [0.1, 0.15) is 5.82 Å². The molecule has 0 fully saturated rings. The molecule has 0 aliphatic heterocycles. The number of aromatic nitrogens is 1. The number of hydrogen-bond donors (Lipinski definition) is 0. The third kappa shape index (κ3) is 4.59. The van der Waals surface area contributed by atoms with Gasteiger partial charge in [0.25, 0.3) is 0 Å². The molecule has 4 heteroatoms. The summed E-state index contributed by atoms with van der Waals surface area (Å²) in [6, 6.07) is 20.1. The number of pyridine rings is 1. The Balaban J connectivity index is 1.83. The fourth-order valence-electron chi connectivity index (χ4n) is 3.18. The van der Waals surface area contributed by atoms with Crippen LogP contribution in [0.15, 0.2) is 72.9 Å². The van der Waals surface area contributed by atoms with Crippen molar-refractivity contribution in [2.75, 3.05) is 7.05 Å². The van der Waals surface area contributed by atoms with Crippen LogP contribution in [0.1, 0.15) is 34.7 Å². The summed E-state index contributed by atoms with van der Waals surface area (Å²) in [5.41, 5.74) is 3.39. The van der Waals surface area contributed by atoms with Crippen molar-refractivity contribution in [1.29, 1.82) is 0 Å². The molecular formula is C23H23FN2O. The van der Waals surface area contributed by atoms with E-state index >= 15 is 0 Å². The Kier molecular flexibility index (Phi) is 5.97. The van der Waals surface area contributed by atoms with Crippen LogP contribution in [-0.4, -0.2) is 22.8 Å². The third-order valence-electron chi connectivity index (χ3n) is 4.79. The second-order valence-corrected chi connectivity index (χ2v) is 6.71. The number of nitrogens with zero attached hydrogens (tertiary/aromatic N) is 2. The third-order valence-corrected chi connectivity index (χ3v) is 4.79. The molecule has 0 saturated carbocycles. The molecule has 0 unspecified atom stereocenters. The van der Waals surface area contributed by atoms with Gasteiger partial charge in [0.05, 0.1) is 12.2 Å². The van der Waals surface area contributed by atoms with E-state index in [1.54, 1.807) is 36.3 Å². The largest absolute Gasteiger partial charge is 0.340 e. The molecular weight excluding hydrogens is 339 g/mol. The first-order valence-electron chi connectivity index (χ1n) is 9.00. The topological polar surface area (TPSA) is 33.2 Å². The van der Waals surface area contributed by atoms with Crippen molar-refractivity contribution in [3.8, 4) is 0 Å². The molecule has 3 nitrogen and oxygen atoms in total. The van der Waals surface area contributed by atoms with Crippen molar-refractivity contribution in [2.24, 2.45) is 0 Å². The quantitative estimate of drug-likeness (QED) is 0.636. The van der Waals surface area contributed by atoms with Gasteiger partial charge in [0, 0.05) is 25.6 Å². The van der Waals surface area contributed by atoms with Crippen LogP contribution in [0.25, 0.3) is 0 Å². The molecule has 0 bridgehead atoms. The minimum Gasteiger partial charge on any atom is -0.340 e. The summed E-state index contributed by atoms with van der Waals surface area (Å²) in [6.45, 7) is 2.41. The number of halogens is 1. The van der Waals surface area contributed by atoms with Gasteiger partial charge in [-0.25, -0.2) is 4.39 Å². The molecule has 3 aromatic rings. The molecule has 27 heavy (non-hydrogen) atoms. The normalized spacial score (nSPS) is 11.8. The maximum Gasteiger partial charge on any atom is 0.223 e. The molecule has 0 aliphatic rings. The van der Waals surface area contributed by atoms with Gasteiger partial charge in [-0.2, -0.15) is 0 Å².